The first-order valence-electron chi connectivity index (χ1n) is 3.22. The first-order valence-corrected chi connectivity index (χ1v) is 3.22. The quantitative estimate of drug-likeness (QED) is 0.518. The van der Waals surface area contributed by atoms with Gasteiger partial charge in [0, 0.05) is 5.92 Å². The zero-order valence-corrected chi connectivity index (χ0v) is 5.55. The molecule has 0 aliphatic carbocycles. The van der Waals surface area contributed by atoms with Crippen LogP contribution >= 0.6 is 0 Å². The Morgan fingerprint density at radius 2 is 2.33 bits per heavy atom. The third-order valence-electron chi connectivity index (χ3n) is 1.97. The monoisotopic (exact) mass is 128 g/mol. The highest BCUT2D eigenvalue weighted by atomic mass is 16.1. The third kappa shape index (κ3) is 1.21. The maximum absolute atomic E-state index is 10.5. The van der Waals surface area contributed by atoms with Gasteiger partial charge in [0.1, 0.15) is 0 Å². The summed E-state index contributed by atoms with van der Waals surface area (Å²) in [4.78, 5) is 10.5. The van der Waals surface area contributed by atoms with Gasteiger partial charge >= 0.3 is 0 Å². The van der Waals surface area contributed by atoms with Gasteiger partial charge in [0.2, 0.25) is 5.91 Å². The Hall–Kier alpha value is -0.570. The van der Waals surface area contributed by atoms with E-state index in [9.17, 15) is 4.79 Å². The predicted octanol–water partition coefficient (Wildman–Crippen LogP) is -0.673. The molecule has 1 atom stereocenters. The standard InChI is InChI=1S/C6H12N2O/c1-4(6(7)9)5-2-8-3-5/h4-5,8H,2-3H2,1H3,(H2,7,9). The van der Waals surface area contributed by atoms with Gasteiger partial charge in [0.05, 0.1) is 0 Å². The first-order chi connectivity index (χ1) is 4.22. The summed E-state index contributed by atoms with van der Waals surface area (Å²) in [6.07, 6.45) is 0. The lowest BCUT2D eigenvalue weighted by atomic mass is 9.89. The van der Waals surface area contributed by atoms with Crippen LogP contribution in [0.1, 0.15) is 6.92 Å². The smallest absolute Gasteiger partial charge is 0.220 e. The van der Waals surface area contributed by atoms with Crippen molar-refractivity contribution in [2.24, 2.45) is 17.6 Å². The van der Waals surface area contributed by atoms with Crippen molar-refractivity contribution in [1.29, 1.82) is 0 Å². The van der Waals surface area contributed by atoms with Crippen LogP contribution in [0, 0.1) is 11.8 Å². The minimum absolute atomic E-state index is 0.0475. The van der Waals surface area contributed by atoms with Gasteiger partial charge in [-0.15, -0.1) is 0 Å². The normalized spacial score (nSPS) is 22.8. The maximum atomic E-state index is 10.5. The van der Waals surface area contributed by atoms with Crippen molar-refractivity contribution in [3.8, 4) is 0 Å². The van der Waals surface area contributed by atoms with Crippen LogP contribution in [-0.2, 0) is 4.79 Å². The number of rotatable bonds is 2. The van der Waals surface area contributed by atoms with E-state index in [1.807, 2.05) is 6.92 Å². The average molecular weight is 128 g/mol. The molecular formula is C6H12N2O. The van der Waals surface area contributed by atoms with E-state index < -0.39 is 0 Å². The summed E-state index contributed by atoms with van der Waals surface area (Å²) in [6, 6.07) is 0. The molecule has 0 spiro atoms. The van der Waals surface area contributed by atoms with Gasteiger partial charge in [-0.1, -0.05) is 6.92 Å². The summed E-state index contributed by atoms with van der Waals surface area (Å²) in [6.45, 7) is 3.78. The number of carbonyl (C=O) groups is 1. The Morgan fingerprint density at radius 1 is 1.78 bits per heavy atom. The SMILES string of the molecule is CC(C(N)=O)C1CNC1. The molecule has 3 nitrogen and oxygen atoms in total. The second kappa shape index (κ2) is 2.35. The van der Waals surface area contributed by atoms with Gasteiger partial charge in [0.15, 0.2) is 0 Å². The van der Waals surface area contributed by atoms with Crippen molar-refractivity contribution >= 4 is 5.91 Å². The molecule has 52 valence electrons. The molecule has 0 bridgehead atoms. The number of hydrogen-bond donors (Lipinski definition) is 2. The van der Waals surface area contributed by atoms with Crippen LogP contribution in [0.4, 0.5) is 0 Å². The highest BCUT2D eigenvalue weighted by molar-refractivity contribution is 5.76. The lowest BCUT2D eigenvalue weighted by molar-refractivity contribution is -0.123. The second-order valence-electron chi connectivity index (χ2n) is 2.61. The molecule has 0 radical (unpaired) electrons. The molecule has 1 heterocycles. The Labute approximate surface area is 54.6 Å². The molecular weight excluding hydrogens is 116 g/mol. The van der Waals surface area contributed by atoms with Crippen molar-refractivity contribution in [1.82, 2.24) is 5.32 Å². The number of nitrogens with two attached hydrogens (primary N) is 1. The van der Waals surface area contributed by atoms with E-state index in [-0.39, 0.29) is 11.8 Å². The van der Waals surface area contributed by atoms with E-state index in [2.05, 4.69) is 5.32 Å². The first kappa shape index (κ1) is 6.55. The number of primary amides is 1. The molecule has 1 saturated heterocycles. The molecule has 1 amide bonds. The molecule has 9 heavy (non-hydrogen) atoms. The molecule has 3 N–H and O–H groups in total. The highest BCUT2D eigenvalue weighted by Crippen LogP contribution is 2.14. The third-order valence-corrected chi connectivity index (χ3v) is 1.97. The molecule has 3 heteroatoms. The van der Waals surface area contributed by atoms with Crippen molar-refractivity contribution in [3.63, 3.8) is 0 Å². The zero-order valence-electron chi connectivity index (χ0n) is 5.55. The summed E-state index contributed by atoms with van der Waals surface area (Å²) in [5.74, 6) is 0.357. The fourth-order valence-electron chi connectivity index (χ4n) is 0.897. The summed E-state index contributed by atoms with van der Waals surface area (Å²) in [5, 5.41) is 3.09. The fraction of sp³-hybridized carbons (Fsp3) is 0.833. The zero-order chi connectivity index (χ0) is 6.85. The molecule has 1 fully saturated rings. The molecule has 0 saturated carbocycles. The number of hydrogen-bond acceptors (Lipinski definition) is 2. The molecule has 1 rings (SSSR count). The van der Waals surface area contributed by atoms with E-state index in [4.69, 9.17) is 5.73 Å². The van der Waals surface area contributed by atoms with E-state index in [1.54, 1.807) is 0 Å². The number of nitrogens with one attached hydrogen (secondary N) is 1. The minimum Gasteiger partial charge on any atom is -0.369 e. The van der Waals surface area contributed by atoms with Crippen LogP contribution in [0.25, 0.3) is 0 Å². The lowest BCUT2D eigenvalue weighted by Gasteiger charge is -2.30. The maximum Gasteiger partial charge on any atom is 0.220 e. The van der Waals surface area contributed by atoms with Crippen LogP contribution in [0.2, 0.25) is 0 Å². The van der Waals surface area contributed by atoms with Crippen molar-refractivity contribution in [2.45, 2.75) is 6.92 Å². The van der Waals surface area contributed by atoms with Gasteiger partial charge in [0.25, 0.3) is 0 Å². The summed E-state index contributed by atoms with van der Waals surface area (Å²) in [5.41, 5.74) is 5.08. The largest absolute Gasteiger partial charge is 0.369 e. The molecule has 0 aromatic heterocycles. The van der Waals surface area contributed by atoms with Gasteiger partial charge < -0.3 is 11.1 Å². The average Bonchev–Trinajstić information content (AvgIpc) is 1.60. The Morgan fingerprint density at radius 3 is 2.44 bits per heavy atom. The molecule has 0 aromatic rings. The van der Waals surface area contributed by atoms with Crippen LogP contribution in [0.5, 0.6) is 0 Å². The van der Waals surface area contributed by atoms with Crippen molar-refractivity contribution in [2.75, 3.05) is 13.1 Å². The van der Waals surface area contributed by atoms with Gasteiger partial charge in [-0.2, -0.15) is 0 Å². The fourth-order valence-corrected chi connectivity index (χ4v) is 0.897. The molecule has 0 aromatic carbocycles. The van der Waals surface area contributed by atoms with E-state index in [1.165, 1.54) is 0 Å². The molecule has 1 aliphatic rings. The second-order valence-corrected chi connectivity index (χ2v) is 2.61. The summed E-state index contributed by atoms with van der Waals surface area (Å²) in [7, 11) is 0. The van der Waals surface area contributed by atoms with Crippen molar-refractivity contribution < 1.29 is 4.79 Å². The molecule has 1 unspecified atom stereocenters. The minimum atomic E-state index is -0.179. The predicted molar refractivity (Wildman–Crippen MR) is 34.7 cm³/mol. The number of amides is 1. The Balaban J connectivity index is 2.32. The summed E-state index contributed by atoms with van der Waals surface area (Å²) >= 11 is 0. The lowest BCUT2D eigenvalue weighted by Crippen LogP contribution is -2.48. The highest BCUT2D eigenvalue weighted by Gasteiger charge is 2.26. The van der Waals surface area contributed by atoms with Gasteiger partial charge in [-0.25, -0.2) is 0 Å². The molecule has 1 aliphatic heterocycles. The number of carbonyl (C=O) groups excluding carboxylic acids is 1. The topological polar surface area (TPSA) is 55.1 Å². The van der Waals surface area contributed by atoms with Crippen LogP contribution in [-0.4, -0.2) is 19.0 Å². The van der Waals surface area contributed by atoms with Crippen LogP contribution < -0.4 is 11.1 Å². The van der Waals surface area contributed by atoms with Crippen LogP contribution in [0.3, 0.4) is 0 Å². The van der Waals surface area contributed by atoms with Gasteiger partial charge in [-0.05, 0) is 19.0 Å². The van der Waals surface area contributed by atoms with E-state index in [0.717, 1.165) is 13.1 Å². The van der Waals surface area contributed by atoms with E-state index >= 15 is 0 Å². The van der Waals surface area contributed by atoms with Gasteiger partial charge in [-0.3, -0.25) is 4.79 Å². The Bertz CT molecular complexity index is 120. The van der Waals surface area contributed by atoms with E-state index in [0.29, 0.717) is 5.92 Å². The summed E-state index contributed by atoms with van der Waals surface area (Å²) < 4.78 is 0. The Kier molecular flexibility index (Phi) is 1.71. The van der Waals surface area contributed by atoms with Crippen LogP contribution in [0.15, 0.2) is 0 Å². The van der Waals surface area contributed by atoms with Crippen molar-refractivity contribution in [3.05, 3.63) is 0 Å².